The molecular formula is C23H28BrNO2Si. The van der Waals surface area contributed by atoms with Gasteiger partial charge >= 0.3 is 5.97 Å². The van der Waals surface area contributed by atoms with Gasteiger partial charge in [-0.1, -0.05) is 80.1 Å². The Kier molecular flexibility index (Phi) is 5.61. The van der Waals surface area contributed by atoms with Crippen molar-refractivity contribution in [2.45, 2.75) is 44.8 Å². The van der Waals surface area contributed by atoms with E-state index in [4.69, 9.17) is 4.74 Å². The van der Waals surface area contributed by atoms with E-state index in [1.54, 1.807) is 0 Å². The van der Waals surface area contributed by atoms with Gasteiger partial charge in [0.05, 0.1) is 7.11 Å². The summed E-state index contributed by atoms with van der Waals surface area (Å²) in [7, 11) is -0.409. The second kappa shape index (κ2) is 7.52. The Morgan fingerprint density at radius 2 is 1.68 bits per heavy atom. The Balaban J connectivity index is 2.29. The topological polar surface area (TPSA) is 31.2 Å². The van der Waals surface area contributed by atoms with Crippen molar-refractivity contribution in [3.8, 4) is 0 Å². The quantitative estimate of drug-likeness (QED) is 0.327. The number of ether oxygens (including phenoxy) is 1. The summed E-state index contributed by atoms with van der Waals surface area (Å²) >= 11 is 3.48. The predicted molar refractivity (Wildman–Crippen MR) is 123 cm³/mol. The molecular weight excluding hydrogens is 430 g/mol. The third kappa shape index (κ3) is 3.58. The van der Waals surface area contributed by atoms with Gasteiger partial charge in [-0.2, -0.15) is 0 Å². The van der Waals surface area contributed by atoms with Crippen LogP contribution >= 0.6 is 15.9 Å². The van der Waals surface area contributed by atoms with Crippen molar-refractivity contribution >= 4 is 41.0 Å². The fourth-order valence-electron chi connectivity index (χ4n) is 3.48. The van der Waals surface area contributed by atoms with Gasteiger partial charge in [0.25, 0.3) is 0 Å². The number of nitrogens with zero attached hydrogens (tertiary/aromatic N) is 1. The summed E-state index contributed by atoms with van der Waals surface area (Å²) in [6, 6.07) is 16.3. The third-order valence-electron chi connectivity index (χ3n) is 6.13. The Labute approximate surface area is 176 Å². The normalized spacial score (nSPS) is 13.5. The third-order valence-corrected chi connectivity index (χ3v) is 11.9. The number of benzene rings is 2. The molecule has 0 spiro atoms. The number of methoxy groups -OCH3 is 1. The lowest BCUT2D eigenvalue weighted by Gasteiger charge is -2.38. The zero-order chi connectivity index (χ0) is 20.7. The molecule has 3 aromatic rings. The minimum Gasteiger partial charge on any atom is -0.468 e. The Bertz CT molecular complexity index is 1000. The molecule has 1 unspecified atom stereocenters. The van der Waals surface area contributed by atoms with E-state index in [0.29, 0.717) is 0 Å². The molecule has 3 rings (SSSR count). The van der Waals surface area contributed by atoms with Crippen molar-refractivity contribution in [3.63, 3.8) is 0 Å². The van der Waals surface area contributed by atoms with Crippen LogP contribution in [-0.2, 0) is 9.53 Å². The number of hydrogen-bond donors (Lipinski definition) is 0. The SMILES string of the molecule is COC(=O)C(c1ccc(Br)cc1)c1cn([Si](C)(C)C(C)(C)C)c2ccccc12. The second-order valence-corrected chi connectivity index (χ2v) is 14.8. The largest absolute Gasteiger partial charge is 0.468 e. The van der Waals surface area contributed by atoms with Crippen molar-refractivity contribution < 1.29 is 9.53 Å². The fourth-order valence-corrected chi connectivity index (χ4v) is 5.72. The summed E-state index contributed by atoms with van der Waals surface area (Å²) in [4.78, 5) is 12.9. The number of rotatable bonds is 4. The highest BCUT2D eigenvalue weighted by Gasteiger charge is 2.39. The molecule has 0 saturated carbocycles. The lowest BCUT2D eigenvalue weighted by Crippen LogP contribution is -2.44. The molecule has 0 aliphatic heterocycles. The Hall–Kier alpha value is -1.85. The van der Waals surface area contributed by atoms with Crippen LogP contribution in [0.5, 0.6) is 0 Å². The summed E-state index contributed by atoms with van der Waals surface area (Å²) in [5.41, 5.74) is 3.14. The van der Waals surface area contributed by atoms with Crippen molar-refractivity contribution in [2.24, 2.45) is 0 Å². The maximum atomic E-state index is 12.9. The molecule has 3 nitrogen and oxygen atoms in total. The molecule has 0 aliphatic carbocycles. The van der Waals surface area contributed by atoms with Gasteiger partial charge < -0.3 is 8.97 Å². The van der Waals surface area contributed by atoms with Crippen LogP contribution in [0.25, 0.3) is 10.9 Å². The van der Waals surface area contributed by atoms with E-state index in [0.717, 1.165) is 21.0 Å². The molecule has 5 heteroatoms. The number of aromatic nitrogens is 1. The summed E-state index contributed by atoms with van der Waals surface area (Å²) in [6.07, 6.45) is 2.20. The van der Waals surface area contributed by atoms with E-state index in [1.807, 2.05) is 30.3 Å². The van der Waals surface area contributed by atoms with Crippen LogP contribution in [0.4, 0.5) is 0 Å². The van der Waals surface area contributed by atoms with Crippen molar-refractivity contribution in [2.75, 3.05) is 7.11 Å². The lowest BCUT2D eigenvalue weighted by atomic mass is 9.91. The molecule has 0 aliphatic rings. The molecule has 1 atom stereocenters. The summed E-state index contributed by atoms with van der Waals surface area (Å²) in [5, 5.41) is 1.29. The summed E-state index contributed by atoms with van der Waals surface area (Å²) < 4.78 is 8.65. The lowest BCUT2D eigenvalue weighted by molar-refractivity contribution is -0.141. The van der Waals surface area contributed by atoms with E-state index >= 15 is 0 Å². The first-order valence-corrected chi connectivity index (χ1v) is 13.3. The van der Waals surface area contributed by atoms with Crippen LogP contribution < -0.4 is 0 Å². The average molecular weight is 458 g/mol. The van der Waals surface area contributed by atoms with Gasteiger partial charge in [0, 0.05) is 21.6 Å². The fraction of sp³-hybridized carbons (Fsp3) is 0.348. The van der Waals surface area contributed by atoms with E-state index in [1.165, 1.54) is 12.6 Å². The highest BCUT2D eigenvalue weighted by molar-refractivity contribution is 9.10. The van der Waals surface area contributed by atoms with Crippen molar-refractivity contribution in [3.05, 3.63) is 70.3 Å². The average Bonchev–Trinajstić information content (AvgIpc) is 3.02. The number of halogens is 1. The van der Waals surface area contributed by atoms with Crippen molar-refractivity contribution in [1.29, 1.82) is 0 Å². The zero-order valence-electron chi connectivity index (χ0n) is 17.4. The Morgan fingerprint density at radius 1 is 1.07 bits per heavy atom. The number of fused-ring (bicyclic) bond motifs is 1. The van der Waals surface area contributed by atoms with Crippen LogP contribution in [0.3, 0.4) is 0 Å². The minimum absolute atomic E-state index is 0.171. The van der Waals surface area contributed by atoms with Gasteiger partial charge in [-0.15, -0.1) is 0 Å². The highest BCUT2D eigenvalue weighted by atomic mass is 79.9. The van der Waals surface area contributed by atoms with E-state index in [-0.39, 0.29) is 11.0 Å². The van der Waals surface area contributed by atoms with Gasteiger partial charge in [0.2, 0.25) is 0 Å². The van der Waals surface area contributed by atoms with E-state index < -0.39 is 14.2 Å². The molecule has 0 amide bonds. The smallest absolute Gasteiger partial charge is 0.317 e. The molecule has 0 radical (unpaired) electrons. The molecule has 0 saturated heterocycles. The summed E-state index contributed by atoms with van der Waals surface area (Å²) in [5.74, 6) is -0.686. The molecule has 1 aromatic heterocycles. The Morgan fingerprint density at radius 3 is 2.25 bits per heavy atom. The standard InChI is InChI=1S/C23H28BrNO2Si/c1-23(2,3)28(5,6)25-15-19(18-9-7-8-10-20(18)25)21(22(26)27-4)16-11-13-17(24)14-12-16/h7-15,21H,1-6H3. The van der Waals surface area contributed by atoms with E-state index in [9.17, 15) is 4.79 Å². The zero-order valence-corrected chi connectivity index (χ0v) is 20.0. The maximum Gasteiger partial charge on any atom is 0.317 e. The molecule has 1 heterocycles. The van der Waals surface area contributed by atoms with Crippen LogP contribution in [0.15, 0.2) is 59.2 Å². The first-order chi connectivity index (χ1) is 13.1. The van der Waals surface area contributed by atoms with Gasteiger partial charge in [0.1, 0.15) is 5.92 Å². The number of carbonyl (C=O) groups excluding carboxylic acids is 1. The van der Waals surface area contributed by atoms with Crippen LogP contribution in [0.2, 0.25) is 18.1 Å². The highest BCUT2D eigenvalue weighted by Crippen LogP contribution is 2.42. The maximum absolute atomic E-state index is 12.9. The predicted octanol–water partition coefficient (Wildman–Crippen LogP) is 6.56. The van der Waals surface area contributed by atoms with Crippen LogP contribution in [-0.4, -0.2) is 25.5 Å². The molecule has 28 heavy (non-hydrogen) atoms. The van der Waals surface area contributed by atoms with Gasteiger partial charge in [0.15, 0.2) is 8.24 Å². The first-order valence-electron chi connectivity index (χ1n) is 9.51. The monoisotopic (exact) mass is 457 g/mol. The summed E-state index contributed by atoms with van der Waals surface area (Å²) in [6.45, 7) is 11.7. The van der Waals surface area contributed by atoms with Gasteiger partial charge in [-0.3, -0.25) is 4.79 Å². The van der Waals surface area contributed by atoms with E-state index in [2.05, 4.69) is 78.4 Å². The molecule has 0 N–H and O–H groups in total. The van der Waals surface area contributed by atoms with Gasteiger partial charge in [-0.25, -0.2) is 0 Å². The van der Waals surface area contributed by atoms with Crippen LogP contribution in [0.1, 0.15) is 37.8 Å². The van der Waals surface area contributed by atoms with Crippen LogP contribution in [0, 0.1) is 0 Å². The molecule has 148 valence electrons. The molecule has 2 aromatic carbocycles. The first kappa shape index (κ1) is 20.9. The number of para-hydroxylation sites is 1. The number of carbonyl (C=O) groups is 1. The number of esters is 1. The number of hydrogen-bond acceptors (Lipinski definition) is 2. The van der Waals surface area contributed by atoms with Gasteiger partial charge in [-0.05, 0) is 34.4 Å². The minimum atomic E-state index is -1.87. The molecule has 0 fully saturated rings. The second-order valence-electron chi connectivity index (χ2n) is 8.79. The molecule has 0 bridgehead atoms. The van der Waals surface area contributed by atoms with Crippen molar-refractivity contribution in [1.82, 2.24) is 4.23 Å².